The third-order valence-electron chi connectivity index (χ3n) is 2.36. The van der Waals surface area contributed by atoms with Crippen molar-refractivity contribution in [2.45, 2.75) is 25.4 Å². The van der Waals surface area contributed by atoms with Gasteiger partial charge in [0.05, 0.1) is 6.26 Å². The molecule has 54 valence electrons. The van der Waals surface area contributed by atoms with Gasteiger partial charge >= 0.3 is 0 Å². The quantitative estimate of drug-likeness (QED) is 0.464. The highest BCUT2D eigenvalue weighted by Crippen LogP contribution is 2.33. The Morgan fingerprint density at radius 2 is 2.50 bits per heavy atom. The number of allylic oxidation sites excluding steroid dienone is 1. The lowest BCUT2D eigenvalue weighted by Crippen LogP contribution is -2.21. The monoisotopic (exact) mass is 136 g/mol. The first kappa shape index (κ1) is 6.02. The molecule has 0 radical (unpaired) electrons. The van der Waals surface area contributed by atoms with Gasteiger partial charge in [-0.2, -0.15) is 0 Å². The second-order valence-corrected chi connectivity index (χ2v) is 3.16. The van der Waals surface area contributed by atoms with Gasteiger partial charge in [0.2, 0.25) is 0 Å². The maximum Gasteiger partial charge on any atom is 0.105 e. The Hall–Kier alpha value is -0.720. The Morgan fingerprint density at radius 3 is 3.40 bits per heavy atom. The van der Waals surface area contributed by atoms with Crippen LogP contribution < -0.4 is 0 Å². The lowest BCUT2D eigenvalue weighted by atomic mass is 9.85. The molecule has 1 nitrogen and oxygen atoms in total. The van der Waals surface area contributed by atoms with E-state index in [0.717, 1.165) is 19.3 Å². The van der Waals surface area contributed by atoms with Gasteiger partial charge in [0.1, 0.15) is 6.10 Å². The summed E-state index contributed by atoms with van der Waals surface area (Å²) in [7, 11) is 0. The SMILES string of the molecule is C=C1CCC2OC=CC2C1. The molecule has 2 atom stereocenters. The van der Waals surface area contributed by atoms with Crippen molar-refractivity contribution in [2.75, 3.05) is 0 Å². The molecule has 1 aliphatic carbocycles. The van der Waals surface area contributed by atoms with Gasteiger partial charge in [-0.25, -0.2) is 0 Å². The molecular weight excluding hydrogens is 124 g/mol. The molecule has 2 rings (SSSR count). The fourth-order valence-electron chi connectivity index (χ4n) is 1.74. The van der Waals surface area contributed by atoms with E-state index in [-0.39, 0.29) is 0 Å². The third kappa shape index (κ3) is 0.859. The van der Waals surface area contributed by atoms with Crippen LogP contribution in [0.25, 0.3) is 0 Å². The van der Waals surface area contributed by atoms with Crippen molar-refractivity contribution in [3.63, 3.8) is 0 Å². The van der Waals surface area contributed by atoms with E-state index in [0.29, 0.717) is 12.0 Å². The van der Waals surface area contributed by atoms with Crippen molar-refractivity contribution in [3.8, 4) is 0 Å². The first-order valence-electron chi connectivity index (χ1n) is 3.85. The van der Waals surface area contributed by atoms with Gasteiger partial charge in [-0.15, -0.1) is 0 Å². The summed E-state index contributed by atoms with van der Waals surface area (Å²) < 4.78 is 5.38. The number of hydrogen-bond donors (Lipinski definition) is 0. The second kappa shape index (κ2) is 2.15. The van der Waals surface area contributed by atoms with E-state index in [1.807, 2.05) is 6.26 Å². The van der Waals surface area contributed by atoms with E-state index < -0.39 is 0 Å². The summed E-state index contributed by atoms with van der Waals surface area (Å²) in [4.78, 5) is 0. The second-order valence-electron chi connectivity index (χ2n) is 3.16. The van der Waals surface area contributed by atoms with Gasteiger partial charge < -0.3 is 4.74 Å². The van der Waals surface area contributed by atoms with E-state index in [4.69, 9.17) is 4.74 Å². The zero-order valence-corrected chi connectivity index (χ0v) is 6.05. The lowest BCUT2D eigenvalue weighted by Gasteiger charge is -2.24. The molecule has 10 heavy (non-hydrogen) atoms. The van der Waals surface area contributed by atoms with E-state index in [1.165, 1.54) is 5.57 Å². The average molecular weight is 136 g/mol. The van der Waals surface area contributed by atoms with Gasteiger partial charge in [0.15, 0.2) is 0 Å². The molecule has 0 aromatic carbocycles. The maximum atomic E-state index is 5.38. The van der Waals surface area contributed by atoms with E-state index in [1.54, 1.807) is 0 Å². The summed E-state index contributed by atoms with van der Waals surface area (Å²) >= 11 is 0. The van der Waals surface area contributed by atoms with Crippen LogP contribution in [0, 0.1) is 5.92 Å². The average Bonchev–Trinajstić information content (AvgIpc) is 2.33. The molecule has 0 N–H and O–H groups in total. The largest absolute Gasteiger partial charge is 0.498 e. The summed E-state index contributed by atoms with van der Waals surface area (Å²) in [6.07, 6.45) is 7.94. The zero-order valence-electron chi connectivity index (χ0n) is 6.05. The van der Waals surface area contributed by atoms with Crippen LogP contribution in [0.15, 0.2) is 24.5 Å². The van der Waals surface area contributed by atoms with Crippen molar-refractivity contribution in [1.29, 1.82) is 0 Å². The van der Waals surface area contributed by atoms with Gasteiger partial charge in [-0.1, -0.05) is 12.2 Å². The van der Waals surface area contributed by atoms with Crippen LogP contribution in [0.5, 0.6) is 0 Å². The molecule has 0 bridgehead atoms. The zero-order chi connectivity index (χ0) is 6.97. The Kier molecular flexibility index (Phi) is 1.30. The van der Waals surface area contributed by atoms with Crippen LogP contribution in [-0.2, 0) is 4.74 Å². The summed E-state index contributed by atoms with van der Waals surface area (Å²) in [5.74, 6) is 0.640. The van der Waals surface area contributed by atoms with Gasteiger partial charge in [-0.3, -0.25) is 0 Å². The number of ether oxygens (including phenoxy) is 1. The Balaban J connectivity index is 2.08. The minimum Gasteiger partial charge on any atom is -0.498 e. The highest BCUT2D eigenvalue weighted by atomic mass is 16.5. The molecule has 1 saturated carbocycles. The van der Waals surface area contributed by atoms with Crippen molar-refractivity contribution in [1.82, 2.24) is 0 Å². The molecule has 1 aliphatic heterocycles. The molecule has 1 heterocycles. The standard InChI is InChI=1S/C9H12O/c1-7-2-3-9-8(6-7)4-5-10-9/h4-5,8-9H,1-3,6H2. The summed E-state index contributed by atoms with van der Waals surface area (Å²) in [5.41, 5.74) is 1.39. The minimum atomic E-state index is 0.477. The van der Waals surface area contributed by atoms with E-state index >= 15 is 0 Å². The van der Waals surface area contributed by atoms with Gasteiger partial charge in [-0.05, 0) is 25.3 Å². The molecule has 0 spiro atoms. The highest BCUT2D eigenvalue weighted by Gasteiger charge is 2.28. The number of hydrogen-bond acceptors (Lipinski definition) is 1. The lowest BCUT2D eigenvalue weighted by molar-refractivity contribution is 0.114. The van der Waals surface area contributed by atoms with Crippen LogP contribution in [0.1, 0.15) is 19.3 Å². The van der Waals surface area contributed by atoms with Crippen LogP contribution >= 0.6 is 0 Å². The number of rotatable bonds is 0. The molecule has 0 aromatic heterocycles. The molecule has 0 aromatic rings. The van der Waals surface area contributed by atoms with Gasteiger partial charge in [0.25, 0.3) is 0 Å². The van der Waals surface area contributed by atoms with Crippen LogP contribution in [-0.4, -0.2) is 6.10 Å². The van der Waals surface area contributed by atoms with Crippen LogP contribution in [0.2, 0.25) is 0 Å². The molecular formula is C9H12O. The van der Waals surface area contributed by atoms with Crippen molar-refractivity contribution in [3.05, 3.63) is 24.5 Å². The molecule has 0 amide bonds. The Morgan fingerprint density at radius 1 is 1.60 bits per heavy atom. The first-order valence-corrected chi connectivity index (χ1v) is 3.85. The van der Waals surface area contributed by atoms with Crippen LogP contribution in [0.4, 0.5) is 0 Å². The highest BCUT2D eigenvalue weighted by molar-refractivity contribution is 5.09. The fourth-order valence-corrected chi connectivity index (χ4v) is 1.74. The Bertz CT molecular complexity index is 181. The molecule has 0 saturated heterocycles. The maximum absolute atomic E-state index is 5.38. The van der Waals surface area contributed by atoms with Crippen molar-refractivity contribution < 1.29 is 4.74 Å². The predicted molar refractivity (Wildman–Crippen MR) is 40.5 cm³/mol. The van der Waals surface area contributed by atoms with E-state index in [9.17, 15) is 0 Å². The number of fused-ring (bicyclic) bond motifs is 1. The summed E-state index contributed by atoms with van der Waals surface area (Å²) in [6.45, 7) is 3.99. The Labute approximate surface area is 61.4 Å². The molecule has 1 heteroatoms. The minimum absolute atomic E-state index is 0.477. The predicted octanol–water partition coefficient (Wildman–Crippen LogP) is 2.26. The van der Waals surface area contributed by atoms with Gasteiger partial charge in [0, 0.05) is 5.92 Å². The van der Waals surface area contributed by atoms with Crippen molar-refractivity contribution in [2.24, 2.45) is 5.92 Å². The van der Waals surface area contributed by atoms with Crippen LogP contribution in [0.3, 0.4) is 0 Å². The smallest absolute Gasteiger partial charge is 0.105 e. The topological polar surface area (TPSA) is 9.23 Å². The molecule has 2 unspecified atom stereocenters. The first-order chi connectivity index (χ1) is 4.86. The molecule has 1 fully saturated rings. The fraction of sp³-hybridized carbons (Fsp3) is 0.556. The molecule has 2 aliphatic rings. The third-order valence-corrected chi connectivity index (χ3v) is 2.36. The normalized spacial score (nSPS) is 37.4. The summed E-state index contributed by atoms with van der Waals surface area (Å²) in [6, 6.07) is 0. The van der Waals surface area contributed by atoms with Crippen molar-refractivity contribution >= 4 is 0 Å². The summed E-state index contributed by atoms with van der Waals surface area (Å²) in [5, 5.41) is 0. The van der Waals surface area contributed by atoms with E-state index in [2.05, 4.69) is 12.7 Å².